The summed E-state index contributed by atoms with van der Waals surface area (Å²) in [5, 5.41) is 0. The molecule has 1 aromatic carbocycles. The zero-order valence-corrected chi connectivity index (χ0v) is 18.9. The molecule has 3 aromatic heterocycles. The first-order valence-electron chi connectivity index (χ1n) is 11.9. The van der Waals surface area contributed by atoms with E-state index in [1.54, 1.807) is 0 Å². The van der Waals surface area contributed by atoms with E-state index in [1.807, 2.05) is 84.9 Å². The molecule has 170 valence electrons. The Kier molecular flexibility index (Phi) is 3.71. The van der Waals surface area contributed by atoms with E-state index in [1.165, 1.54) is 0 Å². The van der Waals surface area contributed by atoms with Gasteiger partial charge in [-0.25, -0.2) is 9.97 Å². The lowest BCUT2D eigenvalue weighted by atomic mass is 9.62. The fourth-order valence-corrected chi connectivity index (χ4v) is 5.90. The summed E-state index contributed by atoms with van der Waals surface area (Å²) in [6, 6.07) is 23.8. The fraction of sp³-hybridized carbons (Fsp3) is 0.0667. The number of nitrogens with zero attached hydrogens (tertiary/aromatic N) is 2. The van der Waals surface area contributed by atoms with Gasteiger partial charge in [0.15, 0.2) is 0 Å². The number of Topliss-reactive ketones (excluding diaryl/α,β-unsaturated/α-hetero) is 2. The molecule has 2 unspecified atom stereocenters. The van der Waals surface area contributed by atoms with E-state index in [4.69, 9.17) is 9.97 Å². The van der Waals surface area contributed by atoms with Gasteiger partial charge in [0.25, 0.3) is 0 Å². The average molecular weight is 467 g/mol. The third kappa shape index (κ3) is 2.66. The third-order valence-electron chi connectivity index (χ3n) is 7.38. The first kappa shape index (κ1) is 19.5. The average Bonchev–Trinajstić information content (AvgIpc) is 3.67. The molecule has 0 saturated carbocycles. The van der Waals surface area contributed by atoms with Crippen molar-refractivity contribution < 1.29 is 9.59 Å². The van der Waals surface area contributed by atoms with Gasteiger partial charge in [-0.3, -0.25) is 9.59 Å². The number of hydrogen-bond acceptors (Lipinski definition) is 4. The molecule has 4 aromatic rings. The standard InChI is InChI=1S/C30H18N4O2/c35-29-25-21-3-1-2-4-22(21)26(30(29)36)28-24-14-20-10-8-18(33-20)12-16-6-5-15(31-16)11-17-7-9-19(32-17)13-23(34-24)27(25)28/h1-14,25-26,31-32H. The van der Waals surface area contributed by atoms with E-state index in [0.29, 0.717) is 11.4 Å². The van der Waals surface area contributed by atoms with E-state index >= 15 is 0 Å². The van der Waals surface area contributed by atoms with Crippen molar-refractivity contribution in [2.75, 3.05) is 0 Å². The number of carbonyl (C=O) groups is 2. The molecule has 3 aliphatic carbocycles. The summed E-state index contributed by atoms with van der Waals surface area (Å²) in [5.41, 5.74) is 10.2. The summed E-state index contributed by atoms with van der Waals surface area (Å²) in [4.78, 5) is 43.1. The van der Waals surface area contributed by atoms with Gasteiger partial charge in [0.05, 0.1) is 34.6 Å². The number of hydrogen-bond donors (Lipinski definition) is 2. The smallest absolute Gasteiger partial charge is 0.211 e. The molecular weight excluding hydrogens is 448 g/mol. The van der Waals surface area contributed by atoms with Crippen LogP contribution in [-0.4, -0.2) is 31.5 Å². The molecule has 0 amide bonds. The molecular formula is C30H18N4O2. The maximum atomic E-state index is 13.2. The summed E-state index contributed by atoms with van der Waals surface area (Å²) in [6.07, 6.45) is 3.91. The predicted octanol–water partition coefficient (Wildman–Crippen LogP) is 5.43. The molecule has 0 radical (unpaired) electrons. The number of aromatic amines is 2. The number of aromatic nitrogens is 4. The quantitative estimate of drug-likeness (QED) is 0.298. The zero-order chi connectivity index (χ0) is 24.0. The van der Waals surface area contributed by atoms with Crippen LogP contribution < -0.4 is 0 Å². The molecule has 0 fully saturated rings. The van der Waals surface area contributed by atoms with E-state index in [0.717, 1.165) is 55.7 Å². The highest BCUT2D eigenvalue weighted by Gasteiger charge is 2.52. The van der Waals surface area contributed by atoms with Gasteiger partial charge in [0.2, 0.25) is 11.6 Å². The molecule has 5 aliphatic rings. The number of H-pyrrole nitrogens is 2. The Labute approximate surface area is 205 Å². The van der Waals surface area contributed by atoms with Gasteiger partial charge in [0, 0.05) is 22.1 Å². The summed E-state index contributed by atoms with van der Waals surface area (Å²) in [7, 11) is 0. The van der Waals surface area contributed by atoms with Crippen LogP contribution in [0.25, 0.3) is 45.4 Å². The molecule has 9 rings (SSSR count). The van der Waals surface area contributed by atoms with Gasteiger partial charge in [0.1, 0.15) is 0 Å². The van der Waals surface area contributed by atoms with E-state index in [9.17, 15) is 9.59 Å². The van der Waals surface area contributed by atoms with Crippen LogP contribution in [0, 0.1) is 0 Å². The molecule has 36 heavy (non-hydrogen) atoms. The Morgan fingerprint density at radius 2 is 1.06 bits per heavy atom. The molecule has 5 heterocycles. The van der Waals surface area contributed by atoms with Crippen molar-refractivity contribution in [1.29, 1.82) is 0 Å². The van der Waals surface area contributed by atoms with Crippen LogP contribution in [0.2, 0.25) is 0 Å². The number of allylic oxidation sites excluding steroid dienone is 2. The van der Waals surface area contributed by atoms with Crippen molar-refractivity contribution in [1.82, 2.24) is 19.9 Å². The van der Waals surface area contributed by atoms with Gasteiger partial charge >= 0.3 is 0 Å². The van der Waals surface area contributed by atoms with Crippen LogP contribution in [0.4, 0.5) is 0 Å². The van der Waals surface area contributed by atoms with Gasteiger partial charge in [-0.15, -0.1) is 0 Å². The number of carbonyl (C=O) groups excluding carboxylic acids is 2. The van der Waals surface area contributed by atoms with E-state index in [-0.39, 0.29) is 11.6 Å². The monoisotopic (exact) mass is 466 g/mol. The van der Waals surface area contributed by atoms with Crippen LogP contribution in [0.3, 0.4) is 0 Å². The Bertz CT molecular complexity index is 1900. The van der Waals surface area contributed by atoms with Crippen LogP contribution >= 0.6 is 0 Å². The van der Waals surface area contributed by atoms with Crippen molar-refractivity contribution >= 4 is 56.9 Å². The molecule has 2 atom stereocenters. The second-order valence-corrected chi connectivity index (χ2v) is 9.54. The minimum absolute atomic E-state index is 0.350. The minimum atomic E-state index is -0.637. The highest BCUT2D eigenvalue weighted by molar-refractivity contribution is 6.50. The first-order chi connectivity index (χ1) is 17.6. The molecule has 2 N–H and O–H groups in total. The van der Waals surface area contributed by atoms with Gasteiger partial charge in [-0.05, 0) is 83.0 Å². The Morgan fingerprint density at radius 1 is 0.556 bits per heavy atom. The topological polar surface area (TPSA) is 91.5 Å². The lowest BCUT2D eigenvalue weighted by molar-refractivity contribution is -0.137. The Hall–Kier alpha value is -4.84. The number of rotatable bonds is 0. The summed E-state index contributed by atoms with van der Waals surface area (Å²) < 4.78 is 0. The summed E-state index contributed by atoms with van der Waals surface area (Å²) in [5.74, 6) is -1.97. The van der Waals surface area contributed by atoms with Crippen LogP contribution in [0.15, 0.2) is 72.8 Å². The maximum absolute atomic E-state index is 13.2. The summed E-state index contributed by atoms with van der Waals surface area (Å²) in [6.45, 7) is 0. The van der Waals surface area contributed by atoms with Crippen molar-refractivity contribution in [3.8, 4) is 0 Å². The summed E-state index contributed by atoms with van der Waals surface area (Å²) >= 11 is 0. The van der Waals surface area contributed by atoms with Crippen LogP contribution in [0.1, 0.15) is 45.7 Å². The number of benzene rings is 1. The van der Waals surface area contributed by atoms with Crippen molar-refractivity contribution in [3.05, 3.63) is 107 Å². The zero-order valence-electron chi connectivity index (χ0n) is 18.9. The van der Waals surface area contributed by atoms with Crippen LogP contribution in [-0.2, 0) is 9.59 Å². The minimum Gasteiger partial charge on any atom is -0.355 e. The second-order valence-electron chi connectivity index (χ2n) is 9.54. The van der Waals surface area contributed by atoms with E-state index < -0.39 is 11.8 Å². The molecule has 6 heteroatoms. The Balaban J connectivity index is 1.48. The van der Waals surface area contributed by atoms with Crippen molar-refractivity contribution in [2.45, 2.75) is 11.8 Å². The highest BCUT2D eigenvalue weighted by atomic mass is 16.2. The predicted molar refractivity (Wildman–Crippen MR) is 139 cm³/mol. The third-order valence-corrected chi connectivity index (χ3v) is 7.38. The molecule has 10 bridgehead atoms. The number of ketones is 2. The van der Waals surface area contributed by atoms with Gasteiger partial charge < -0.3 is 9.97 Å². The van der Waals surface area contributed by atoms with Crippen molar-refractivity contribution in [3.63, 3.8) is 0 Å². The van der Waals surface area contributed by atoms with Gasteiger partial charge in [-0.2, -0.15) is 0 Å². The molecule has 0 spiro atoms. The number of fused-ring (bicyclic) bond motifs is 9. The van der Waals surface area contributed by atoms with Crippen LogP contribution in [0.5, 0.6) is 0 Å². The molecule has 2 aliphatic heterocycles. The first-order valence-corrected chi connectivity index (χ1v) is 11.9. The van der Waals surface area contributed by atoms with E-state index in [2.05, 4.69) is 9.97 Å². The normalized spacial score (nSPS) is 19.6. The lowest BCUT2D eigenvalue weighted by Crippen LogP contribution is -2.39. The lowest BCUT2D eigenvalue weighted by Gasteiger charge is -2.37. The SMILES string of the molecule is O=C1C(=O)C2C3=C(c4cc5nc(cc6ccc(cc7ccc(cc3n4)[nH]7)[nH]6)C=C5)C1c1ccccc12. The number of nitrogens with one attached hydrogen (secondary N) is 2. The largest absolute Gasteiger partial charge is 0.355 e. The maximum Gasteiger partial charge on any atom is 0.211 e. The van der Waals surface area contributed by atoms with Gasteiger partial charge in [-0.1, -0.05) is 24.3 Å². The molecule has 6 nitrogen and oxygen atoms in total. The Morgan fingerprint density at radius 3 is 1.67 bits per heavy atom. The fourth-order valence-electron chi connectivity index (χ4n) is 5.90. The highest BCUT2D eigenvalue weighted by Crippen LogP contribution is 2.57. The van der Waals surface area contributed by atoms with Crippen molar-refractivity contribution in [2.24, 2.45) is 0 Å². The molecule has 0 saturated heterocycles. The second kappa shape index (κ2) is 6.86.